The Hall–Kier alpha value is -2.77. The summed E-state index contributed by atoms with van der Waals surface area (Å²) in [4.78, 5) is 11.0. The molecule has 0 aromatic heterocycles. The number of carbonyl (C=O) groups is 1. The van der Waals surface area contributed by atoms with Crippen LogP contribution in [0.4, 0.5) is 0 Å². The van der Waals surface area contributed by atoms with Crippen molar-refractivity contribution in [1.29, 1.82) is 0 Å². The number of benzene rings is 2. The second-order valence-corrected chi connectivity index (χ2v) is 4.73. The lowest BCUT2D eigenvalue weighted by atomic mass is 10.1. The van der Waals surface area contributed by atoms with E-state index in [9.17, 15) is 10.0 Å². The van der Waals surface area contributed by atoms with Gasteiger partial charge in [0.2, 0.25) is 5.91 Å². The third kappa shape index (κ3) is 4.11. The van der Waals surface area contributed by atoms with E-state index in [0.717, 1.165) is 22.4 Å². The van der Waals surface area contributed by atoms with Gasteiger partial charge in [0, 0.05) is 12.5 Å². The van der Waals surface area contributed by atoms with Crippen LogP contribution >= 0.6 is 0 Å². The fraction of sp³-hybridized carbons (Fsp3) is 0.167. The van der Waals surface area contributed by atoms with Gasteiger partial charge in [-0.25, -0.2) is 5.06 Å². The summed E-state index contributed by atoms with van der Waals surface area (Å²) < 4.78 is 5.26. The molecular weight excluding hydrogens is 278 g/mol. The van der Waals surface area contributed by atoms with Crippen molar-refractivity contribution in [2.24, 2.45) is 0 Å². The van der Waals surface area contributed by atoms with E-state index in [-0.39, 0.29) is 6.54 Å². The quantitative estimate of drug-likeness (QED) is 0.538. The Morgan fingerprint density at radius 3 is 2.68 bits per heavy atom. The van der Waals surface area contributed by atoms with Gasteiger partial charge >= 0.3 is 0 Å². The maximum absolute atomic E-state index is 11.0. The van der Waals surface area contributed by atoms with Gasteiger partial charge in [0.1, 0.15) is 5.75 Å². The summed E-state index contributed by atoms with van der Waals surface area (Å²) in [5.41, 5.74) is 2.42. The van der Waals surface area contributed by atoms with Crippen LogP contribution in [-0.4, -0.2) is 23.3 Å². The van der Waals surface area contributed by atoms with E-state index in [4.69, 9.17) is 4.74 Å². The average molecular weight is 295 g/mol. The number of para-hydroxylation sites is 1. The van der Waals surface area contributed by atoms with E-state index in [1.54, 1.807) is 7.11 Å². The minimum atomic E-state index is -0.398. The highest BCUT2D eigenvalue weighted by Gasteiger charge is 2.05. The van der Waals surface area contributed by atoms with Crippen LogP contribution in [-0.2, 0) is 11.3 Å². The lowest BCUT2D eigenvalue weighted by molar-refractivity contribution is -0.165. The number of methoxy groups -OCH3 is 1. The third-order valence-electron chi connectivity index (χ3n) is 3.07. The monoisotopic (exact) mass is 295 g/mol. The van der Waals surface area contributed by atoms with Gasteiger partial charge in [-0.15, -0.1) is 0 Å². The van der Waals surface area contributed by atoms with Crippen LogP contribution in [0.15, 0.2) is 48.5 Å². The first-order valence-corrected chi connectivity index (χ1v) is 6.81. The predicted molar refractivity (Wildman–Crippen MR) is 83.4 cm³/mol. The highest BCUT2D eigenvalue weighted by atomic mass is 16.5. The van der Waals surface area contributed by atoms with Crippen LogP contribution in [0.5, 0.6) is 5.75 Å². The summed E-state index contributed by atoms with van der Waals surface area (Å²) in [6.45, 7) is 1.45. The number of hydroxylamine groups is 2. The van der Waals surface area contributed by atoms with Crippen LogP contribution < -0.4 is 4.74 Å². The zero-order valence-corrected chi connectivity index (χ0v) is 12.5. The fourth-order valence-corrected chi connectivity index (χ4v) is 1.92. The standard InChI is InChI=1S/C18H17NO3/c1-14(20)19(21)13-16-7-5-6-15(12-16)10-11-17-8-3-4-9-18(17)22-2/h3-9,12,21H,13H2,1-2H3. The third-order valence-corrected chi connectivity index (χ3v) is 3.07. The molecule has 4 nitrogen and oxygen atoms in total. The first-order chi connectivity index (χ1) is 10.6. The topological polar surface area (TPSA) is 49.8 Å². The Labute approximate surface area is 129 Å². The highest BCUT2D eigenvalue weighted by molar-refractivity contribution is 5.71. The largest absolute Gasteiger partial charge is 0.495 e. The Morgan fingerprint density at radius 1 is 1.18 bits per heavy atom. The van der Waals surface area contributed by atoms with Crippen molar-refractivity contribution in [2.45, 2.75) is 13.5 Å². The molecule has 2 rings (SSSR count). The molecule has 0 atom stereocenters. The van der Waals surface area contributed by atoms with Crippen LogP contribution in [0.2, 0.25) is 0 Å². The van der Waals surface area contributed by atoms with Crippen molar-refractivity contribution < 1.29 is 14.7 Å². The molecule has 0 aliphatic carbocycles. The average Bonchev–Trinajstić information content (AvgIpc) is 2.53. The zero-order valence-electron chi connectivity index (χ0n) is 12.5. The number of carbonyl (C=O) groups excluding carboxylic acids is 1. The number of nitrogens with zero attached hydrogens (tertiary/aromatic N) is 1. The molecular formula is C18H17NO3. The minimum Gasteiger partial charge on any atom is -0.495 e. The summed E-state index contributed by atoms with van der Waals surface area (Å²) in [6, 6.07) is 14.9. The van der Waals surface area contributed by atoms with Crippen molar-refractivity contribution in [2.75, 3.05) is 7.11 Å². The summed E-state index contributed by atoms with van der Waals surface area (Å²) in [5.74, 6) is 6.46. The lowest BCUT2D eigenvalue weighted by Crippen LogP contribution is -2.23. The first-order valence-electron chi connectivity index (χ1n) is 6.81. The molecule has 22 heavy (non-hydrogen) atoms. The Kier molecular flexibility index (Phi) is 5.18. The van der Waals surface area contributed by atoms with Gasteiger partial charge in [-0.05, 0) is 29.8 Å². The predicted octanol–water partition coefficient (Wildman–Crippen LogP) is 2.83. The van der Waals surface area contributed by atoms with Crippen molar-refractivity contribution >= 4 is 5.91 Å². The number of hydrogen-bond donors (Lipinski definition) is 1. The summed E-state index contributed by atoms with van der Waals surface area (Å²) in [6.07, 6.45) is 0. The number of ether oxygens (including phenoxy) is 1. The van der Waals surface area contributed by atoms with Gasteiger partial charge < -0.3 is 4.74 Å². The molecule has 4 heteroatoms. The molecule has 2 aromatic carbocycles. The Morgan fingerprint density at radius 2 is 1.95 bits per heavy atom. The van der Waals surface area contributed by atoms with E-state index in [1.807, 2.05) is 48.5 Å². The van der Waals surface area contributed by atoms with Crippen molar-refractivity contribution in [3.05, 3.63) is 65.2 Å². The summed E-state index contributed by atoms with van der Waals surface area (Å²) in [5, 5.41) is 10.2. The molecule has 0 fully saturated rings. The van der Waals surface area contributed by atoms with E-state index in [2.05, 4.69) is 11.8 Å². The first kappa shape index (κ1) is 15.6. The fourth-order valence-electron chi connectivity index (χ4n) is 1.92. The van der Waals surface area contributed by atoms with Crippen LogP contribution in [0, 0.1) is 11.8 Å². The lowest BCUT2D eigenvalue weighted by Gasteiger charge is -2.12. The molecule has 0 saturated heterocycles. The molecule has 2 aromatic rings. The van der Waals surface area contributed by atoms with Gasteiger partial charge in [-0.2, -0.15) is 0 Å². The Balaban J connectivity index is 2.21. The molecule has 0 radical (unpaired) electrons. The maximum Gasteiger partial charge on any atom is 0.243 e. The second kappa shape index (κ2) is 7.30. The molecule has 0 aliphatic rings. The molecule has 0 saturated carbocycles. The molecule has 0 unspecified atom stereocenters. The van der Waals surface area contributed by atoms with Gasteiger partial charge in [-0.1, -0.05) is 36.1 Å². The highest BCUT2D eigenvalue weighted by Crippen LogP contribution is 2.16. The summed E-state index contributed by atoms with van der Waals surface area (Å²) >= 11 is 0. The second-order valence-electron chi connectivity index (χ2n) is 4.73. The number of amides is 1. The molecule has 112 valence electrons. The minimum absolute atomic E-state index is 0.138. The molecule has 0 aliphatic heterocycles. The zero-order chi connectivity index (χ0) is 15.9. The van der Waals surface area contributed by atoms with E-state index in [1.165, 1.54) is 6.92 Å². The molecule has 1 amide bonds. The number of hydrogen-bond acceptors (Lipinski definition) is 3. The van der Waals surface area contributed by atoms with Crippen LogP contribution in [0.25, 0.3) is 0 Å². The normalized spacial score (nSPS) is 9.59. The molecule has 1 N–H and O–H groups in total. The van der Waals surface area contributed by atoms with Crippen molar-refractivity contribution in [1.82, 2.24) is 5.06 Å². The molecule has 0 bridgehead atoms. The smallest absolute Gasteiger partial charge is 0.243 e. The van der Waals surface area contributed by atoms with Gasteiger partial charge in [0.15, 0.2) is 0 Å². The Bertz CT molecular complexity index is 728. The van der Waals surface area contributed by atoms with Crippen LogP contribution in [0.1, 0.15) is 23.6 Å². The maximum atomic E-state index is 11.0. The summed E-state index contributed by atoms with van der Waals surface area (Å²) in [7, 11) is 1.61. The van der Waals surface area contributed by atoms with Gasteiger partial charge in [0.25, 0.3) is 0 Å². The van der Waals surface area contributed by atoms with Crippen molar-refractivity contribution in [3.63, 3.8) is 0 Å². The van der Waals surface area contributed by atoms with Gasteiger partial charge in [0.05, 0.1) is 19.2 Å². The van der Waals surface area contributed by atoms with E-state index < -0.39 is 5.91 Å². The van der Waals surface area contributed by atoms with Crippen molar-refractivity contribution in [3.8, 4) is 17.6 Å². The van der Waals surface area contributed by atoms with Crippen LogP contribution in [0.3, 0.4) is 0 Å². The van der Waals surface area contributed by atoms with E-state index in [0.29, 0.717) is 5.06 Å². The SMILES string of the molecule is COc1ccccc1C#Cc1cccc(CN(O)C(C)=O)c1. The van der Waals surface area contributed by atoms with Gasteiger partial charge in [-0.3, -0.25) is 10.0 Å². The molecule has 0 heterocycles. The molecule has 0 spiro atoms. The van der Waals surface area contributed by atoms with E-state index >= 15 is 0 Å². The number of rotatable bonds is 3.